The normalized spacial score (nSPS) is 27.9. The molecule has 6 rings (SSSR count). The van der Waals surface area contributed by atoms with E-state index in [1.165, 1.54) is 17.7 Å². The zero-order valence-corrected chi connectivity index (χ0v) is 23.7. The number of carbonyl (C=O) groups excluding carboxylic acids is 3. The Labute approximate surface area is 243 Å². The van der Waals surface area contributed by atoms with E-state index in [1.807, 2.05) is 6.07 Å². The quantitative estimate of drug-likeness (QED) is 0.323. The molecule has 0 saturated heterocycles. The number of rotatable bonds is 6. The number of likely N-dealkylation sites (N-methyl/N-ethyl adjacent to an activating group) is 1. The number of aliphatic hydroxyl groups excluding tert-OH is 2. The third kappa shape index (κ3) is 4.03. The molecule has 0 spiro atoms. The molecule has 0 bridgehead atoms. The maximum absolute atomic E-state index is 14.2. The van der Waals surface area contributed by atoms with Crippen LogP contribution >= 0.6 is 0 Å². The molecule has 4 atom stereocenters. The van der Waals surface area contributed by atoms with Gasteiger partial charge in [0, 0.05) is 17.1 Å². The Balaban J connectivity index is 1.52. The molecule has 10 heteroatoms. The maximum Gasteiger partial charge on any atom is 0.255 e. The van der Waals surface area contributed by atoms with Crippen LogP contribution in [0.4, 0.5) is 0 Å². The van der Waals surface area contributed by atoms with Crippen LogP contribution < -0.4 is 5.73 Å². The summed E-state index contributed by atoms with van der Waals surface area (Å²) in [5, 5.41) is 46.2. The number of aromatic hydroxyl groups is 1. The monoisotopic (exact) mass is 576 g/mol. The summed E-state index contributed by atoms with van der Waals surface area (Å²) in [7, 11) is 3.16. The molecule has 4 unspecified atom stereocenters. The van der Waals surface area contributed by atoms with Crippen molar-refractivity contribution in [2.24, 2.45) is 23.5 Å². The SMILES string of the molecule is CN(C)C1C(=O)C(C(N)=O)=C(O)C2(O)C(=O)C3=C(O)c4c(O)c(CCC5CCCC5)cc(-c5ccoc5)c4CC3CC12. The van der Waals surface area contributed by atoms with Crippen LogP contribution in [-0.2, 0) is 27.2 Å². The summed E-state index contributed by atoms with van der Waals surface area (Å²) in [6, 6.07) is 2.60. The fraction of sp³-hybridized carbons (Fsp3) is 0.469. The van der Waals surface area contributed by atoms with Crippen LogP contribution in [0.15, 0.2) is 46.0 Å². The topological polar surface area (TPSA) is 175 Å². The Hall–Kier alpha value is -3.89. The summed E-state index contributed by atoms with van der Waals surface area (Å²) in [4.78, 5) is 41.2. The number of benzene rings is 1. The largest absolute Gasteiger partial charge is 0.508 e. The molecular weight excluding hydrogens is 540 g/mol. The lowest BCUT2D eigenvalue weighted by atomic mass is 9.57. The summed E-state index contributed by atoms with van der Waals surface area (Å²) in [6.45, 7) is 0. The van der Waals surface area contributed by atoms with E-state index in [-0.39, 0.29) is 29.7 Å². The highest BCUT2D eigenvalue weighted by Crippen LogP contribution is 2.54. The first kappa shape index (κ1) is 28.2. The molecule has 2 aromatic rings. The molecule has 6 N–H and O–H groups in total. The summed E-state index contributed by atoms with van der Waals surface area (Å²) in [5.74, 6) is -5.92. The summed E-state index contributed by atoms with van der Waals surface area (Å²) >= 11 is 0. The van der Waals surface area contributed by atoms with E-state index < -0.39 is 58.0 Å². The van der Waals surface area contributed by atoms with Crippen molar-refractivity contribution in [1.29, 1.82) is 0 Å². The van der Waals surface area contributed by atoms with Gasteiger partial charge in [0.2, 0.25) is 5.78 Å². The molecule has 1 heterocycles. The molecule has 2 saturated carbocycles. The molecule has 0 aliphatic heterocycles. The van der Waals surface area contributed by atoms with E-state index in [1.54, 1.807) is 32.7 Å². The van der Waals surface area contributed by atoms with Crippen molar-refractivity contribution in [3.05, 3.63) is 58.3 Å². The van der Waals surface area contributed by atoms with Crippen LogP contribution in [0.2, 0.25) is 0 Å². The number of phenolic OH excluding ortho intramolecular Hbond substituents is 1. The highest BCUT2D eigenvalue weighted by molar-refractivity contribution is 6.24. The lowest BCUT2D eigenvalue weighted by molar-refractivity contribution is -0.153. The number of nitrogens with zero attached hydrogens (tertiary/aromatic N) is 1. The molecule has 222 valence electrons. The Morgan fingerprint density at radius 1 is 1.17 bits per heavy atom. The predicted molar refractivity (Wildman–Crippen MR) is 152 cm³/mol. The number of nitrogens with two attached hydrogens (primary N) is 1. The number of aryl methyl sites for hydroxylation is 1. The number of phenols is 1. The van der Waals surface area contributed by atoms with Gasteiger partial charge in [0.1, 0.15) is 22.8 Å². The van der Waals surface area contributed by atoms with Crippen LogP contribution in [0, 0.1) is 17.8 Å². The van der Waals surface area contributed by atoms with Crippen molar-refractivity contribution >= 4 is 23.2 Å². The van der Waals surface area contributed by atoms with Crippen LogP contribution in [-0.4, -0.2) is 68.5 Å². The standard InChI is InChI=1S/C32H36N2O8/c1-34(2)25-21-13-18-12-20-19(17-9-10-42-14-17)11-16(8-7-15-5-3-4-6-15)26(35)23(20)27(36)22(18)29(38)32(21,41)30(39)24(28(25)37)31(33)40/h9-11,14-15,18,21,25,35-36,39,41H,3-8,12-13H2,1-2H3,(H2,33,40). The minimum absolute atomic E-state index is 0.0424. The smallest absolute Gasteiger partial charge is 0.255 e. The van der Waals surface area contributed by atoms with E-state index in [2.05, 4.69) is 0 Å². The van der Waals surface area contributed by atoms with Crippen molar-refractivity contribution in [1.82, 2.24) is 4.90 Å². The highest BCUT2D eigenvalue weighted by atomic mass is 16.3. The molecule has 2 fully saturated rings. The number of fused-ring (bicyclic) bond motifs is 3. The van der Waals surface area contributed by atoms with Gasteiger partial charge < -0.3 is 30.6 Å². The second-order valence-electron chi connectivity index (χ2n) is 12.4. The Morgan fingerprint density at radius 2 is 1.88 bits per heavy atom. The number of aliphatic hydroxyl groups is 3. The van der Waals surface area contributed by atoms with E-state index >= 15 is 0 Å². The minimum Gasteiger partial charge on any atom is -0.508 e. The Kier molecular flexibility index (Phi) is 6.81. The van der Waals surface area contributed by atoms with Gasteiger partial charge in [-0.15, -0.1) is 0 Å². The maximum atomic E-state index is 14.2. The number of primary amides is 1. The fourth-order valence-corrected chi connectivity index (χ4v) is 7.89. The van der Waals surface area contributed by atoms with Crippen molar-refractivity contribution in [3.8, 4) is 16.9 Å². The number of hydrogen-bond donors (Lipinski definition) is 5. The molecule has 0 radical (unpaired) electrons. The van der Waals surface area contributed by atoms with Crippen molar-refractivity contribution in [2.45, 2.75) is 63.0 Å². The zero-order chi connectivity index (χ0) is 30.1. The Bertz CT molecular complexity index is 1550. The number of Topliss-reactive ketones (excluding diaryl/α,β-unsaturated/α-hetero) is 2. The average Bonchev–Trinajstić information content (AvgIpc) is 3.65. The third-order valence-corrected chi connectivity index (χ3v) is 9.93. The average molecular weight is 577 g/mol. The molecule has 4 aliphatic carbocycles. The number of ketones is 2. The van der Waals surface area contributed by atoms with Crippen LogP contribution in [0.3, 0.4) is 0 Å². The lowest BCUT2D eigenvalue weighted by Crippen LogP contribution is -2.65. The van der Waals surface area contributed by atoms with Gasteiger partial charge in [0.15, 0.2) is 11.4 Å². The van der Waals surface area contributed by atoms with E-state index in [4.69, 9.17) is 10.2 Å². The number of hydrogen-bond acceptors (Lipinski definition) is 9. The van der Waals surface area contributed by atoms with Gasteiger partial charge in [-0.1, -0.05) is 25.7 Å². The van der Waals surface area contributed by atoms with Gasteiger partial charge in [-0.3, -0.25) is 19.3 Å². The van der Waals surface area contributed by atoms with Crippen molar-refractivity contribution in [2.75, 3.05) is 14.1 Å². The van der Waals surface area contributed by atoms with Gasteiger partial charge in [0.05, 0.1) is 24.1 Å². The van der Waals surface area contributed by atoms with Crippen LogP contribution in [0.5, 0.6) is 5.75 Å². The van der Waals surface area contributed by atoms with E-state index in [0.29, 0.717) is 23.5 Å². The lowest BCUT2D eigenvalue weighted by Gasteiger charge is -2.50. The zero-order valence-electron chi connectivity index (χ0n) is 23.7. The molecule has 10 nitrogen and oxygen atoms in total. The molecule has 4 aliphatic rings. The Morgan fingerprint density at radius 3 is 2.50 bits per heavy atom. The van der Waals surface area contributed by atoms with E-state index in [9.17, 15) is 34.8 Å². The van der Waals surface area contributed by atoms with E-state index in [0.717, 1.165) is 30.4 Å². The molecule has 1 aromatic carbocycles. The molecular formula is C32H36N2O8. The van der Waals surface area contributed by atoms with Gasteiger partial charge in [-0.05, 0) is 80.4 Å². The van der Waals surface area contributed by atoms with Crippen LogP contribution in [0.1, 0.15) is 55.2 Å². The summed E-state index contributed by atoms with van der Waals surface area (Å²) in [6.07, 6.45) is 9.54. The second kappa shape index (κ2) is 10.1. The molecule has 1 amide bonds. The first-order valence-electron chi connectivity index (χ1n) is 14.5. The number of amides is 1. The van der Waals surface area contributed by atoms with Gasteiger partial charge in [-0.2, -0.15) is 0 Å². The number of carbonyl (C=O) groups is 3. The minimum atomic E-state index is -2.66. The fourth-order valence-electron chi connectivity index (χ4n) is 7.89. The van der Waals surface area contributed by atoms with Gasteiger partial charge >= 0.3 is 0 Å². The summed E-state index contributed by atoms with van der Waals surface area (Å²) in [5.41, 5.74) is 4.68. The molecule has 42 heavy (non-hydrogen) atoms. The summed E-state index contributed by atoms with van der Waals surface area (Å²) < 4.78 is 5.36. The van der Waals surface area contributed by atoms with Crippen LogP contribution in [0.25, 0.3) is 16.9 Å². The highest BCUT2D eigenvalue weighted by Gasteiger charge is 2.64. The first-order chi connectivity index (χ1) is 20.0. The van der Waals surface area contributed by atoms with Gasteiger partial charge in [-0.25, -0.2) is 0 Å². The van der Waals surface area contributed by atoms with Crippen molar-refractivity contribution < 1.29 is 39.2 Å². The second-order valence-corrected chi connectivity index (χ2v) is 12.4. The number of furan rings is 1. The molecule has 1 aromatic heterocycles. The van der Waals surface area contributed by atoms with Gasteiger partial charge in [0.25, 0.3) is 5.91 Å². The third-order valence-electron chi connectivity index (χ3n) is 9.93. The first-order valence-corrected chi connectivity index (χ1v) is 14.5. The predicted octanol–water partition coefficient (Wildman–Crippen LogP) is 3.35. The van der Waals surface area contributed by atoms with Crippen molar-refractivity contribution in [3.63, 3.8) is 0 Å².